The lowest BCUT2D eigenvalue weighted by Gasteiger charge is -2.48. The minimum atomic E-state index is -1.87. The normalized spacial score (nSPS) is 24.9. The van der Waals surface area contributed by atoms with E-state index in [4.69, 9.17) is 18.9 Å². The van der Waals surface area contributed by atoms with E-state index in [9.17, 15) is 14.4 Å². The number of β-lactam (4-membered cyclic amide) rings is 1. The molecular weight excluding hydrogens is 567 g/mol. The van der Waals surface area contributed by atoms with E-state index in [2.05, 4.69) is 32.8 Å². The van der Waals surface area contributed by atoms with Crippen molar-refractivity contribution in [2.45, 2.75) is 55.9 Å². The molecule has 3 aliphatic heterocycles. The number of rotatable bonds is 11. The molecule has 1 fully saturated rings. The second-order valence-corrected chi connectivity index (χ2v) is 17.6. The van der Waals surface area contributed by atoms with Crippen molar-refractivity contribution < 1.29 is 28.3 Å². The predicted molar refractivity (Wildman–Crippen MR) is 158 cm³/mol. The first-order chi connectivity index (χ1) is 19.0. The standard InChI is InChI=1S/C28H37N3O6S2Si/c1-8-13-35-26(33)23-24(17(3)22-21(25(32)31(22)23)18(4)37-40(5,6)7)39-27-29-20(16-38-27)19-11-10-12-30(15-19)28(34)36-14-9-2/h8-11,16-19,21-22H,1-2,12-15H2,3-7H3/t17-,18-,19?,21-,22-/m1/s1. The molecule has 1 unspecified atom stereocenters. The molecule has 4 rings (SSSR count). The molecule has 216 valence electrons. The van der Waals surface area contributed by atoms with Crippen molar-refractivity contribution in [1.82, 2.24) is 14.8 Å². The number of fused-ring (bicyclic) bond motifs is 1. The third-order valence-corrected chi connectivity index (χ3v) is 10.3. The number of thiazole rings is 1. The van der Waals surface area contributed by atoms with Crippen molar-refractivity contribution in [3.63, 3.8) is 0 Å². The SMILES string of the molecule is C=CCOC(=O)C1=C(Sc2nc(C3C=CCN(C(=O)OCC=C)C3)cs2)[C@H](C)[C@@H]2[C@@H]([C@@H](C)O[Si](C)(C)C)C(=O)N12. The van der Waals surface area contributed by atoms with Gasteiger partial charge in [-0.3, -0.25) is 4.79 Å². The van der Waals surface area contributed by atoms with E-state index >= 15 is 0 Å². The van der Waals surface area contributed by atoms with Crippen molar-refractivity contribution >= 4 is 49.4 Å². The number of esters is 1. The van der Waals surface area contributed by atoms with Crippen molar-refractivity contribution in [2.24, 2.45) is 11.8 Å². The quantitative estimate of drug-likeness (QED) is 0.148. The van der Waals surface area contributed by atoms with Crippen LogP contribution in [0.3, 0.4) is 0 Å². The molecule has 1 aromatic heterocycles. The smallest absolute Gasteiger partial charge is 0.410 e. The molecule has 3 aliphatic rings. The summed E-state index contributed by atoms with van der Waals surface area (Å²) in [5.74, 6) is -1.15. The summed E-state index contributed by atoms with van der Waals surface area (Å²) in [5, 5.41) is 1.97. The number of nitrogens with zero attached hydrogens (tertiary/aromatic N) is 3. The minimum absolute atomic E-state index is 0.0566. The van der Waals surface area contributed by atoms with Crippen LogP contribution in [0.5, 0.6) is 0 Å². The first-order valence-electron chi connectivity index (χ1n) is 13.3. The van der Waals surface area contributed by atoms with Gasteiger partial charge in [0, 0.05) is 35.2 Å². The van der Waals surface area contributed by atoms with E-state index in [-0.39, 0.29) is 60.8 Å². The zero-order valence-corrected chi connectivity index (χ0v) is 26.3. The Bertz CT molecular complexity index is 1240. The average molecular weight is 604 g/mol. The zero-order chi connectivity index (χ0) is 29.2. The number of hydrogen-bond donors (Lipinski definition) is 0. The first-order valence-corrected chi connectivity index (χ1v) is 18.4. The molecule has 12 heteroatoms. The summed E-state index contributed by atoms with van der Waals surface area (Å²) >= 11 is 2.87. The Labute approximate surface area is 245 Å². The molecule has 5 atom stereocenters. The number of hydrogen-bond acceptors (Lipinski definition) is 9. The average Bonchev–Trinajstić information content (AvgIpc) is 3.46. The van der Waals surface area contributed by atoms with Crippen LogP contribution in [0.15, 0.2) is 57.8 Å². The number of carbonyl (C=O) groups excluding carboxylic acids is 3. The van der Waals surface area contributed by atoms with Crippen LogP contribution >= 0.6 is 23.1 Å². The highest BCUT2D eigenvalue weighted by Crippen LogP contribution is 2.53. The van der Waals surface area contributed by atoms with E-state index in [0.29, 0.717) is 13.1 Å². The van der Waals surface area contributed by atoms with Crippen molar-refractivity contribution in [3.05, 3.63) is 59.1 Å². The van der Waals surface area contributed by atoms with E-state index in [1.165, 1.54) is 35.3 Å². The Morgan fingerprint density at radius 3 is 2.62 bits per heavy atom. The Morgan fingerprint density at radius 1 is 1.25 bits per heavy atom. The van der Waals surface area contributed by atoms with Crippen LogP contribution in [0.2, 0.25) is 19.6 Å². The second-order valence-electron chi connectivity index (χ2n) is 11.0. The maximum atomic E-state index is 13.4. The second kappa shape index (κ2) is 12.5. The molecule has 0 spiro atoms. The topological polar surface area (TPSA) is 98.3 Å². The summed E-state index contributed by atoms with van der Waals surface area (Å²) in [7, 11) is -1.87. The molecule has 2 amide bonds. The molecule has 0 aromatic carbocycles. The molecule has 0 saturated carbocycles. The molecule has 4 heterocycles. The monoisotopic (exact) mass is 603 g/mol. The van der Waals surface area contributed by atoms with Crippen molar-refractivity contribution in [2.75, 3.05) is 26.3 Å². The van der Waals surface area contributed by atoms with Crippen LogP contribution in [0.1, 0.15) is 25.5 Å². The summed E-state index contributed by atoms with van der Waals surface area (Å²) in [5.41, 5.74) is 1.12. The number of thioether (sulfide) groups is 1. The van der Waals surface area contributed by atoms with E-state index in [1.54, 1.807) is 9.80 Å². The predicted octanol–water partition coefficient (Wildman–Crippen LogP) is 5.17. The number of aromatic nitrogens is 1. The molecule has 0 bridgehead atoms. The lowest BCUT2D eigenvalue weighted by molar-refractivity contribution is -0.163. The first kappa shape index (κ1) is 30.3. The zero-order valence-electron chi connectivity index (χ0n) is 23.6. The van der Waals surface area contributed by atoms with Crippen molar-refractivity contribution in [1.29, 1.82) is 0 Å². The van der Waals surface area contributed by atoms with Crippen LogP contribution in [-0.4, -0.2) is 79.5 Å². The minimum Gasteiger partial charge on any atom is -0.457 e. The highest BCUT2D eigenvalue weighted by Gasteiger charge is 2.61. The third kappa shape index (κ3) is 6.29. The van der Waals surface area contributed by atoms with Gasteiger partial charge in [0.2, 0.25) is 5.91 Å². The highest BCUT2D eigenvalue weighted by molar-refractivity contribution is 8.04. The molecule has 1 aromatic rings. The van der Waals surface area contributed by atoms with Gasteiger partial charge in [-0.05, 0) is 26.6 Å². The van der Waals surface area contributed by atoms with Crippen LogP contribution in [0.25, 0.3) is 0 Å². The lowest BCUT2D eigenvalue weighted by atomic mass is 9.79. The van der Waals surface area contributed by atoms with Gasteiger partial charge in [-0.1, -0.05) is 56.1 Å². The largest absolute Gasteiger partial charge is 0.457 e. The molecule has 0 aliphatic carbocycles. The lowest BCUT2D eigenvalue weighted by Crippen LogP contribution is -2.64. The number of ether oxygens (including phenoxy) is 2. The Hall–Kier alpha value is -2.67. The molecule has 9 nitrogen and oxygen atoms in total. The van der Waals surface area contributed by atoms with Crippen LogP contribution in [0.4, 0.5) is 4.79 Å². The highest BCUT2D eigenvalue weighted by atomic mass is 32.2. The van der Waals surface area contributed by atoms with Crippen LogP contribution < -0.4 is 0 Å². The molecule has 40 heavy (non-hydrogen) atoms. The van der Waals surface area contributed by atoms with Gasteiger partial charge in [-0.15, -0.1) is 11.3 Å². The van der Waals surface area contributed by atoms with Gasteiger partial charge in [0.15, 0.2) is 12.7 Å². The molecule has 0 N–H and O–H groups in total. The van der Waals surface area contributed by atoms with Crippen molar-refractivity contribution in [3.8, 4) is 0 Å². The fraction of sp³-hybridized carbons (Fsp3) is 0.500. The summed E-state index contributed by atoms with van der Waals surface area (Å²) in [6.45, 7) is 18.7. The maximum Gasteiger partial charge on any atom is 0.410 e. The van der Waals surface area contributed by atoms with E-state index in [0.717, 1.165) is 14.9 Å². The third-order valence-electron chi connectivity index (χ3n) is 6.93. The molecule has 0 radical (unpaired) electrons. The van der Waals surface area contributed by atoms with Gasteiger partial charge in [-0.2, -0.15) is 0 Å². The Kier molecular flexibility index (Phi) is 9.43. The summed E-state index contributed by atoms with van der Waals surface area (Å²) < 4.78 is 17.6. The Balaban J connectivity index is 1.55. The fourth-order valence-electron chi connectivity index (χ4n) is 5.34. The molecular formula is C28H37N3O6S2Si. The van der Waals surface area contributed by atoms with Crippen LogP contribution in [-0.2, 0) is 23.5 Å². The van der Waals surface area contributed by atoms with Crippen LogP contribution in [0, 0.1) is 11.8 Å². The van der Waals surface area contributed by atoms with E-state index < -0.39 is 14.3 Å². The van der Waals surface area contributed by atoms with Gasteiger partial charge in [0.1, 0.15) is 18.9 Å². The summed E-state index contributed by atoms with van der Waals surface area (Å²) in [6, 6.07) is -0.177. The van der Waals surface area contributed by atoms with E-state index in [1.807, 2.05) is 31.4 Å². The number of amides is 2. The van der Waals surface area contributed by atoms with Gasteiger partial charge >= 0.3 is 12.1 Å². The summed E-state index contributed by atoms with van der Waals surface area (Å²) in [4.78, 5) is 47.7. The van der Waals surface area contributed by atoms with Gasteiger partial charge in [0.05, 0.1) is 23.8 Å². The fourth-order valence-corrected chi connectivity index (χ4v) is 8.75. The molecule has 1 saturated heterocycles. The van der Waals surface area contributed by atoms with Gasteiger partial charge in [0.25, 0.3) is 0 Å². The summed E-state index contributed by atoms with van der Waals surface area (Å²) in [6.07, 6.45) is 6.40. The van der Waals surface area contributed by atoms with Gasteiger partial charge < -0.3 is 23.7 Å². The maximum absolute atomic E-state index is 13.4. The Morgan fingerprint density at radius 2 is 1.95 bits per heavy atom. The van der Waals surface area contributed by atoms with Gasteiger partial charge in [-0.25, -0.2) is 14.6 Å². The number of carbonyl (C=O) groups is 3.